The molecule has 3 aliphatic rings. The van der Waals surface area contributed by atoms with Crippen LogP contribution in [0.2, 0.25) is 0 Å². The fourth-order valence-corrected chi connectivity index (χ4v) is 12.9. The summed E-state index contributed by atoms with van der Waals surface area (Å²) in [5.41, 5.74) is 3.81. The first-order valence-corrected chi connectivity index (χ1v) is 25.1. The van der Waals surface area contributed by atoms with Crippen molar-refractivity contribution in [1.29, 1.82) is 0 Å². The van der Waals surface area contributed by atoms with Crippen molar-refractivity contribution in [3.8, 4) is 17.2 Å². The van der Waals surface area contributed by atoms with Gasteiger partial charge in [-0.1, -0.05) is 32.0 Å². The number of aromatic amines is 1. The Hall–Kier alpha value is -6.32. The molecule has 350 valence electrons. The predicted octanol–water partition coefficient (Wildman–Crippen LogP) is 7.85. The van der Waals surface area contributed by atoms with Gasteiger partial charge >= 0.3 is 11.4 Å². The number of nitrogens with one attached hydrogen (secondary N) is 2. The van der Waals surface area contributed by atoms with Crippen LogP contribution in [0.15, 0.2) is 75.0 Å². The number of carbonyl (C=O) groups is 1. The molecule has 0 radical (unpaired) electrons. The first-order chi connectivity index (χ1) is 32.1. The zero-order chi connectivity index (χ0) is 47.3. The lowest BCUT2D eigenvalue weighted by Gasteiger charge is -2.34. The Morgan fingerprint density at radius 3 is 2.33 bits per heavy atom. The van der Waals surface area contributed by atoms with Crippen LogP contribution >= 0.6 is 7.14 Å². The minimum atomic E-state index is -2.92. The molecule has 0 bridgehead atoms. The SMILES string of the molecule is CCP(=O)(CC)c1cc(F)c(-n2ccn(-c3c4c(nn3-c3cc(C)c(F)c(C)c3)CCN(C(=O)c3cc5cc(C6CCOCC6)ccc5n3C3(c5noc(=O)[nH]5)CC3C)C4C)c2=O)cc1NC. The average Bonchev–Trinajstić information content (AvgIpc) is 3.82. The molecule has 15 nitrogen and oxygen atoms in total. The summed E-state index contributed by atoms with van der Waals surface area (Å²) >= 11 is 0. The largest absolute Gasteiger partial charge is 0.438 e. The number of hydrogen-bond acceptors (Lipinski definition) is 9. The summed E-state index contributed by atoms with van der Waals surface area (Å²) in [5.74, 6) is -1.07. The number of H-pyrrole nitrogens is 1. The van der Waals surface area contributed by atoms with Crippen molar-refractivity contribution < 1.29 is 27.4 Å². The van der Waals surface area contributed by atoms with Gasteiger partial charge in [-0.2, -0.15) is 5.10 Å². The fraction of sp³-hybridized carbons (Fsp3) is 0.408. The number of carbonyl (C=O) groups excluding carboxylic acids is 1. The number of aromatic nitrogens is 7. The van der Waals surface area contributed by atoms with Gasteiger partial charge in [-0.05, 0) is 111 Å². The first kappa shape index (κ1) is 44.5. The van der Waals surface area contributed by atoms with Gasteiger partial charge in [0.1, 0.15) is 35.8 Å². The number of benzene rings is 3. The highest BCUT2D eigenvalue weighted by molar-refractivity contribution is 7.71. The smallest absolute Gasteiger partial charge is 0.387 e. The second-order valence-corrected chi connectivity index (χ2v) is 21.9. The Labute approximate surface area is 385 Å². The molecule has 6 heterocycles. The Morgan fingerprint density at radius 1 is 0.985 bits per heavy atom. The number of halogens is 2. The van der Waals surface area contributed by atoms with Crippen LogP contribution in [-0.4, -0.2) is 83.6 Å². The van der Waals surface area contributed by atoms with E-state index in [1.165, 1.54) is 33.7 Å². The van der Waals surface area contributed by atoms with Crippen molar-refractivity contribution in [3.63, 3.8) is 0 Å². The first-order valence-electron chi connectivity index (χ1n) is 23.0. The maximum atomic E-state index is 16.3. The second kappa shape index (κ2) is 16.5. The highest BCUT2D eigenvalue weighted by Crippen LogP contribution is 2.56. The average molecular weight is 934 g/mol. The summed E-state index contributed by atoms with van der Waals surface area (Å²) in [6.07, 6.45) is 6.42. The van der Waals surface area contributed by atoms with Gasteiger partial charge in [0.05, 0.1) is 23.1 Å². The lowest BCUT2D eigenvalue weighted by atomic mass is 9.91. The molecule has 67 heavy (non-hydrogen) atoms. The van der Waals surface area contributed by atoms with E-state index in [0.29, 0.717) is 101 Å². The molecule has 3 unspecified atom stereocenters. The maximum Gasteiger partial charge on any atom is 0.438 e. The standard InChI is InChI=1S/C49H54F2N9O6P/c1-8-67(64,9-2)41-24-35(50)39(25-37(41)52-7)57-16-17-58(48(57)63)44-42-30(6)56(15-12-36(42)54-60(44)34-20-27(3)43(51)28(4)21-34)45(61)40-23-33-22-32(31-13-18-65-19-14-31)10-11-38(33)59(40)49(26-29(49)5)46-53-47(62)66-55-46/h10-11,16-17,20-25,29-31,52H,8-9,12-15,18-19,26H2,1-7H3,(H,53,55,62). The summed E-state index contributed by atoms with van der Waals surface area (Å²) in [6.45, 7) is 12.6. The van der Waals surface area contributed by atoms with E-state index in [9.17, 15) is 14.2 Å². The lowest BCUT2D eigenvalue weighted by molar-refractivity contribution is 0.0663. The van der Waals surface area contributed by atoms with Crippen LogP contribution in [0.1, 0.15) is 103 Å². The van der Waals surface area contributed by atoms with E-state index in [0.717, 1.165) is 29.3 Å². The van der Waals surface area contributed by atoms with E-state index in [1.54, 1.807) is 42.6 Å². The van der Waals surface area contributed by atoms with Crippen LogP contribution in [0.25, 0.3) is 28.1 Å². The van der Waals surface area contributed by atoms with Gasteiger partial charge < -0.3 is 24.1 Å². The summed E-state index contributed by atoms with van der Waals surface area (Å²) in [5, 5.41) is 13.6. The number of amides is 1. The van der Waals surface area contributed by atoms with Gasteiger partial charge in [0.15, 0.2) is 5.82 Å². The zero-order valence-electron chi connectivity index (χ0n) is 38.7. The molecule has 3 aromatic carbocycles. The molecule has 2 aliphatic heterocycles. The summed E-state index contributed by atoms with van der Waals surface area (Å²) in [7, 11) is -1.25. The molecule has 2 fully saturated rings. The predicted molar refractivity (Wildman–Crippen MR) is 252 cm³/mol. The second-order valence-electron chi connectivity index (χ2n) is 18.4. The Morgan fingerprint density at radius 2 is 1.69 bits per heavy atom. The minimum Gasteiger partial charge on any atom is -0.387 e. The van der Waals surface area contributed by atoms with Gasteiger partial charge in [0.2, 0.25) is 0 Å². The highest BCUT2D eigenvalue weighted by Gasteiger charge is 2.59. The summed E-state index contributed by atoms with van der Waals surface area (Å²) < 4.78 is 62.2. The van der Waals surface area contributed by atoms with Crippen LogP contribution in [0, 0.1) is 31.4 Å². The van der Waals surface area contributed by atoms with Crippen molar-refractivity contribution in [3.05, 3.63) is 133 Å². The number of aryl methyl sites for hydroxylation is 2. The van der Waals surface area contributed by atoms with E-state index in [4.69, 9.17) is 14.4 Å². The Bertz CT molecular complexity index is 3270. The van der Waals surface area contributed by atoms with Gasteiger partial charge in [0.25, 0.3) is 5.91 Å². The molecule has 4 aromatic heterocycles. The molecule has 10 rings (SSSR count). The molecule has 18 heteroatoms. The van der Waals surface area contributed by atoms with Crippen LogP contribution < -0.4 is 22.1 Å². The normalized spacial score (nSPS) is 19.9. The third-order valence-electron chi connectivity index (χ3n) is 14.7. The van der Waals surface area contributed by atoms with Crippen molar-refractivity contribution in [1.82, 2.24) is 38.5 Å². The number of imidazole rings is 1. The number of anilines is 1. The third kappa shape index (κ3) is 6.98. The molecule has 1 amide bonds. The maximum absolute atomic E-state index is 16.3. The van der Waals surface area contributed by atoms with E-state index in [2.05, 4.69) is 34.5 Å². The molecular weight excluding hydrogens is 880 g/mol. The summed E-state index contributed by atoms with van der Waals surface area (Å²) in [4.78, 5) is 47.3. The monoisotopic (exact) mass is 933 g/mol. The highest BCUT2D eigenvalue weighted by atomic mass is 31.2. The molecule has 1 aliphatic carbocycles. The van der Waals surface area contributed by atoms with E-state index >= 15 is 13.6 Å². The minimum absolute atomic E-state index is 0.00708. The molecule has 1 saturated carbocycles. The third-order valence-corrected chi connectivity index (χ3v) is 18.0. The number of rotatable bonds is 11. The van der Waals surface area contributed by atoms with E-state index in [-0.39, 0.29) is 29.9 Å². The molecular formula is C49H54F2N9O6P. The van der Waals surface area contributed by atoms with Gasteiger partial charge in [-0.25, -0.2) is 23.1 Å². The van der Waals surface area contributed by atoms with Crippen molar-refractivity contribution in [2.24, 2.45) is 5.92 Å². The topological polar surface area (TPSA) is 167 Å². The van der Waals surface area contributed by atoms with Crippen molar-refractivity contribution in [2.75, 3.05) is 44.4 Å². The van der Waals surface area contributed by atoms with Crippen LogP contribution in [0.4, 0.5) is 14.5 Å². The van der Waals surface area contributed by atoms with Gasteiger partial charge in [-0.15, -0.1) is 0 Å². The van der Waals surface area contributed by atoms with Crippen molar-refractivity contribution in [2.45, 2.75) is 84.7 Å². The van der Waals surface area contributed by atoms with Gasteiger partial charge in [0, 0.05) is 85.4 Å². The number of fused-ring (bicyclic) bond motifs is 2. The van der Waals surface area contributed by atoms with E-state index < -0.39 is 36.0 Å². The Balaban J connectivity index is 1.12. The number of nitrogens with zero attached hydrogens (tertiary/aromatic N) is 7. The molecule has 0 spiro atoms. The molecule has 1 saturated heterocycles. The number of ether oxygens (including phenoxy) is 1. The zero-order valence-corrected chi connectivity index (χ0v) is 39.5. The molecule has 2 N–H and O–H groups in total. The van der Waals surface area contributed by atoms with Crippen molar-refractivity contribution >= 4 is 34.9 Å². The lowest BCUT2D eigenvalue weighted by Crippen LogP contribution is -2.41. The van der Waals surface area contributed by atoms with Crippen LogP contribution in [0.3, 0.4) is 0 Å². The quantitative estimate of drug-likeness (QED) is 0.123. The Kier molecular flexibility index (Phi) is 10.9. The molecule has 3 atom stereocenters. The summed E-state index contributed by atoms with van der Waals surface area (Å²) in [6, 6.07) is 13.7. The fourth-order valence-electron chi connectivity index (χ4n) is 10.8. The van der Waals surface area contributed by atoms with Gasteiger partial charge in [-0.3, -0.25) is 23.4 Å². The number of hydrogen-bond donors (Lipinski definition) is 2. The van der Waals surface area contributed by atoms with Crippen LogP contribution in [-0.2, 0) is 21.3 Å². The molecule has 7 aromatic rings. The van der Waals surface area contributed by atoms with E-state index in [1.807, 2.05) is 37.5 Å². The van der Waals surface area contributed by atoms with Crippen LogP contribution in [0.5, 0.6) is 0 Å².